The van der Waals surface area contributed by atoms with Crippen molar-refractivity contribution in [1.82, 2.24) is 9.80 Å². The normalized spacial score (nSPS) is 16.3. The van der Waals surface area contributed by atoms with Gasteiger partial charge in [0.1, 0.15) is 5.58 Å². The molecule has 2 N–H and O–H groups in total. The average Bonchev–Trinajstić information content (AvgIpc) is 3.40. The number of para-hydroxylation sites is 1. The quantitative estimate of drug-likeness (QED) is 0.517. The Morgan fingerprint density at radius 2 is 1.63 bits per heavy atom. The average molecular weight is 477 g/mol. The van der Waals surface area contributed by atoms with E-state index in [2.05, 4.69) is 23.1 Å². The van der Waals surface area contributed by atoms with Crippen LogP contribution in [0.5, 0.6) is 0 Å². The second kappa shape index (κ2) is 11.0. The highest BCUT2D eigenvalue weighted by molar-refractivity contribution is 5.98. The first-order valence-electron chi connectivity index (χ1n) is 11.6. The summed E-state index contributed by atoms with van der Waals surface area (Å²) in [5.41, 5.74) is 4.30. The van der Waals surface area contributed by atoms with Crippen molar-refractivity contribution >= 4 is 28.8 Å². The van der Waals surface area contributed by atoms with Crippen molar-refractivity contribution in [3.05, 3.63) is 83.6 Å². The number of amides is 1. The molecule has 0 saturated carbocycles. The van der Waals surface area contributed by atoms with Crippen molar-refractivity contribution in [2.45, 2.75) is 25.9 Å². The van der Waals surface area contributed by atoms with Crippen LogP contribution in [0.2, 0.25) is 0 Å². The van der Waals surface area contributed by atoms with Crippen LogP contribution in [0.3, 0.4) is 0 Å². The number of fused-ring (bicyclic) bond motifs is 2. The van der Waals surface area contributed by atoms with E-state index < -0.39 is 11.9 Å². The zero-order chi connectivity index (χ0) is 24.8. The summed E-state index contributed by atoms with van der Waals surface area (Å²) in [5.74, 6) is -1.71. The van der Waals surface area contributed by atoms with E-state index in [1.165, 1.54) is 16.5 Å². The first kappa shape index (κ1) is 24.2. The zero-order valence-corrected chi connectivity index (χ0v) is 19.3. The van der Waals surface area contributed by atoms with Gasteiger partial charge >= 0.3 is 11.9 Å². The molecule has 0 spiro atoms. The lowest BCUT2D eigenvalue weighted by atomic mass is 9.96. The van der Waals surface area contributed by atoms with Gasteiger partial charge in [-0.15, -0.1) is 0 Å². The molecule has 2 aliphatic rings. The number of nitrogens with zero attached hydrogens (tertiary/aromatic N) is 2. The monoisotopic (exact) mass is 476 g/mol. The van der Waals surface area contributed by atoms with Gasteiger partial charge in [-0.1, -0.05) is 36.4 Å². The first-order valence-corrected chi connectivity index (χ1v) is 11.6. The van der Waals surface area contributed by atoms with E-state index >= 15 is 0 Å². The summed E-state index contributed by atoms with van der Waals surface area (Å²) in [6, 6.07) is 16.2. The fourth-order valence-electron chi connectivity index (χ4n) is 4.64. The molecule has 0 unspecified atom stereocenters. The molecule has 0 radical (unpaired) electrons. The third-order valence-corrected chi connectivity index (χ3v) is 6.41. The number of hydrogen-bond donors (Lipinski definition) is 2. The standard InChI is InChI=1S/C23H24N2O2.C4H4O4/c26-23-21-7-2-1-5-18(21)15-25(23)13-17-9-11-24(12-10-17)14-19-16-27-22-8-4-3-6-20(19)22;5-3(6)1-2-4(7)8/h1-8,16-17H,9-15H2;1-2H,(H,5,6)(H,7,8). The number of carbonyl (C=O) groups excluding carboxylic acids is 1. The van der Waals surface area contributed by atoms with E-state index in [4.69, 9.17) is 14.6 Å². The minimum Gasteiger partial charge on any atom is -0.478 e. The van der Waals surface area contributed by atoms with Gasteiger partial charge in [0.15, 0.2) is 0 Å². The molecule has 8 heteroatoms. The van der Waals surface area contributed by atoms with E-state index in [1.54, 1.807) is 0 Å². The van der Waals surface area contributed by atoms with Gasteiger partial charge in [0.05, 0.1) is 6.26 Å². The van der Waals surface area contributed by atoms with Crippen molar-refractivity contribution in [3.63, 3.8) is 0 Å². The van der Waals surface area contributed by atoms with Gasteiger partial charge in [-0.3, -0.25) is 9.69 Å². The number of carbonyl (C=O) groups is 3. The van der Waals surface area contributed by atoms with Crippen molar-refractivity contribution in [3.8, 4) is 0 Å². The third-order valence-electron chi connectivity index (χ3n) is 6.41. The van der Waals surface area contributed by atoms with E-state index in [0.29, 0.717) is 18.1 Å². The molecule has 1 fully saturated rings. The van der Waals surface area contributed by atoms with Crippen LogP contribution >= 0.6 is 0 Å². The van der Waals surface area contributed by atoms with Gasteiger partial charge in [0.25, 0.3) is 5.91 Å². The molecule has 2 aromatic carbocycles. The molecule has 1 saturated heterocycles. The molecule has 1 aromatic heterocycles. The lowest BCUT2D eigenvalue weighted by Crippen LogP contribution is -2.38. The number of likely N-dealkylation sites (tertiary alicyclic amines) is 1. The molecule has 1 amide bonds. The molecule has 8 nitrogen and oxygen atoms in total. The Labute approximate surface area is 203 Å². The van der Waals surface area contributed by atoms with Gasteiger partial charge in [-0.25, -0.2) is 9.59 Å². The Balaban J connectivity index is 0.000000314. The van der Waals surface area contributed by atoms with Crippen LogP contribution in [0.25, 0.3) is 11.0 Å². The first-order chi connectivity index (χ1) is 16.9. The van der Waals surface area contributed by atoms with Crippen LogP contribution in [0.4, 0.5) is 0 Å². The van der Waals surface area contributed by atoms with Crippen LogP contribution in [0.1, 0.15) is 34.3 Å². The second-order valence-electron chi connectivity index (χ2n) is 8.83. The Bertz CT molecular complexity index is 1220. The molecule has 3 aromatic rings. The molecule has 182 valence electrons. The molecule has 0 atom stereocenters. The molecule has 2 aliphatic heterocycles. The topological polar surface area (TPSA) is 111 Å². The Hall–Kier alpha value is -3.91. The number of rotatable bonds is 6. The van der Waals surface area contributed by atoms with E-state index in [0.717, 1.165) is 56.7 Å². The number of piperidine rings is 1. The van der Waals surface area contributed by atoms with Crippen molar-refractivity contribution in [2.75, 3.05) is 19.6 Å². The molecule has 3 heterocycles. The number of carboxylic acid groups (broad SMARTS) is 2. The van der Waals surface area contributed by atoms with Crippen molar-refractivity contribution in [1.29, 1.82) is 0 Å². The summed E-state index contributed by atoms with van der Waals surface area (Å²) in [5, 5.41) is 16.8. The smallest absolute Gasteiger partial charge is 0.328 e. The SMILES string of the molecule is O=C(O)C=CC(=O)O.O=C1c2ccccc2CN1CC1CCN(Cc2coc3ccccc23)CC1. The summed E-state index contributed by atoms with van der Waals surface area (Å²) in [4.78, 5) is 36.2. The summed E-state index contributed by atoms with van der Waals surface area (Å²) in [6.45, 7) is 4.77. The maximum Gasteiger partial charge on any atom is 0.328 e. The van der Waals surface area contributed by atoms with Gasteiger partial charge in [0.2, 0.25) is 0 Å². The number of aliphatic carboxylic acids is 2. The Kier molecular flexibility index (Phi) is 7.62. The Morgan fingerprint density at radius 3 is 2.31 bits per heavy atom. The van der Waals surface area contributed by atoms with E-state index in [1.807, 2.05) is 41.5 Å². The number of carboxylic acids is 2. The Morgan fingerprint density at radius 1 is 0.971 bits per heavy atom. The van der Waals surface area contributed by atoms with E-state index in [9.17, 15) is 14.4 Å². The molecule has 0 aliphatic carbocycles. The van der Waals surface area contributed by atoms with Gasteiger partial charge in [0, 0.05) is 48.3 Å². The predicted octanol–water partition coefficient (Wildman–Crippen LogP) is 4.01. The van der Waals surface area contributed by atoms with E-state index in [-0.39, 0.29) is 5.91 Å². The molecular formula is C27H28N2O6. The summed E-state index contributed by atoms with van der Waals surface area (Å²) >= 11 is 0. The minimum atomic E-state index is -1.26. The van der Waals surface area contributed by atoms with Gasteiger partial charge < -0.3 is 19.5 Å². The van der Waals surface area contributed by atoms with Crippen LogP contribution in [0, 0.1) is 5.92 Å². The zero-order valence-electron chi connectivity index (χ0n) is 19.3. The van der Waals surface area contributed by atoms with Crippen molar-refractivity contribution < 1.29 is 29.0 Å². The molecule has 5 rings (SSSR count). The molecular weight excluding hydrogens is 448 g/mol. The maximum atomic E-state index is 12.6. The van der Waals surface area contributed by atoms with Crippen LogP contribution in [0.15, 0.2) is 71.4 Å². The molecule has 0 bridgehead atoms. The van der Waals surface area contributed by atoms with Crippen LogP contribution in [-0.2, 0) is 22.7 Å². The van der Waals surface area contributed by atoms with Gasteiger partial charge in [-0.2, -0.15) is 0 Å². The highest BCUT2D eigenvalue weighted by Gasteiger charge is 2.30. The largest absolute Gasteiger partial charge is 0.478 e. The summed E-state index contributed by atoms with van der Waals surface area (Å²) < 4.78 is 5.67. The third kappa shape index (κ3) is 6.16. The fraction of sp³-hybridized carbons (Fsp3) is 0.296. The maximum absolute atomic E-state index is 12.6. The fourth-order valence-corrected chi connectivity index (χ4v) is 4.64. The van der Waals surface area contributed by atoms with Gasteiger partial charge in [-0.05, 0) is 49.5 Å². The predicted molar refractivity (Wildman–Crippen MR) is 130 cm³/mol. The second-order valence-corrected chi connectivity index (χ2v) is 8.83. The lowest BCUT2D eigenvalue weighted by Gasteiger charge is -2.33. The number of benzene rings is 2. The highest BCUT2D eigenvalue weighted by atomic mass is 16.4. The number of hydrogen-bond acceptors (Lipinski definition) is 5. The minimum absolute atomic E-state index is 0.206. The highest BCUT2D eigenvalue weighted by Crippen LogP contribution is 2.28. The number of furan rings is 1. The summed E-state index contributed by atoms with van der Waals surface area (Å²) in [6.07, 6.45) is 5.31. The van der Waals surface area contributed by atoms with Crippen LogP contribution in [-0.4, -0.2) is 57.5 Å². The molecule has 35 heavy (non-hydrogen) atoms. The summed E-state index contributed by atoms with van der Waals surface area (Å²) in [7, 11) is 0. The lowest BCUT2D eigenvalue weighted by molar-refractivity contribution is -0.134. The van der Waals surface area contributed by atoms with Crippen LogP contribution < -0.4 is 0 Å². The van der Waals surface area contributed by atoms with Crippen molar-refractivity contribution in [2.24, 2.45) is 5.92 Å².